The van der Waals surface area contributed by atoms with Gasteiger partial charge in [0.15, 0.2) is 0 Å². The Morgan fingerprint density at radius 1 is 1.12 bits per heavy atom. The highest BCUT2D eigenvalue weighted by Crippen LogP contribution is 2.27. The van der Waals surface area contributed by atoms with E-state index in [9.17, 15) is 4.79 Å². The predicted molar refractivity (Wildman–Crippen MR) is 100.0 cm³/mol. The first-order chi connectivity index (χ1) is 12.2. The molecule has 1 aliphatic carbocycles. The summed E-state index contributed by atoms with van der Waals surface area (Å²) < 4.78 is 0. The Hall–Kier alpha value is -2.83. The number of rotatable bonds is 6. The molecule has 3 heteroatoms. The van der Waals surface area contributed by atoms with Gasteiger partial charge in [0.1, 0.15) is 0 Å². The molecule has 0 aromatic heterocycles. The molecule has 0 atom stereocenters. The molecular weight excluding hydrogens is 310 g/mol. The van der Waals surface area contributed by atoms with Crippen LogP contribution in [0.2, 0.25) is 0 Å². The van der Waals surface area contributed by atoms with Crippen LogP contribution in [0.25, 0.3) is 6.08 Å². The minimum Gasteiger partial charge on any atom is -0.478 e. The normalized spacial score (nSPS) is 13.4. The van der Waals surface area contributed by atoms with Gasteiger partial charge >= 0.3 is 5.97 Å². The number of benzene rings is 2. The summed E-state index contributed by atoms with van der Waals surface area (Å²) in [6, 6.07) is 15.8. The highest BCUT2D eigenvalue weighted by Gasteiger charge is 2.19. The summed E-state index contributed by atoms with van der Waals surface area (Å²) >= 11 is 0. The van der Waals surface area contributed by atoms with Crippen LogP contribution in [0.4, 0.5) is 0 Å². The molecule has 0 radical (unpaired) electrons. The molecule has 1 fully saturated rings. The van der Waals surface area contributed by atoms with Crippen LogP contribution in [0.3, 0.4) is 0 Å². The molecule has 1 saturated carbocycles. The molecular formula is C22H21NO2. The van der Waals surface area contributed by atoms with E-state index in [0.29, 0.717) is 0 Å². The summed E-state index contributed by atoms with van der Waals surface area (Å²) in [6.45, 7) is 2.00. The van der Waals surface area contributed by atoms with Crippen molar-refractivity contribution in [1.29, 1.82) is 0 Å². The van der Waals surface area contributed by atoms with E-state index in [0.717, 1.165) is 41.8 Å². The number of carboxylic acid groups (broad SMARTS) is 1. The molecule has 3 nitrogen and oxygen atoms in total. The summed E-state index contributed by atoms with van der Waals surface area (Å²) in [4.78, 5) is 10.5. The molecule has 0 bridgehead atoms. The van der Waals surface area contributed by atoms with Crippen LogP contribution in [0, 0.1) is 17.8 Å². The van der Waals surface area contributed by atoms with E-state index in [1.165, 1.54) is 18.4 Å². The largest absolute Gasteiger partial charge is 0.478 e. The fourth-order valence-electron chi connectivity index (χ4n) is 2.49. The van der Waals surface area contributed by atoms with Crippen LogP contribution in [0.5, 0.6) is 0 Å². The molecule has 2 aromatic rings. The monoisotopic (exact) mass is 331 g/mol. The third kappa shape index (κ3) is 5.95. The molecule has 0 saturated heterocycles. The average molecular weight is 331 g/mol. The van der Waals surface area contributed by atoms with Crippen molar-refractivity contribution in [2.45, 2.75) is 19.4 Å². The second-order valence-electron chi connectivity index (χ2n) is 6.32. The first-order valence-corrected chi connectivity index (χ1v) is 8.52. The standard InChI is InChI=1S/C22H21NO2/c24-22(25)13-12-18-6-4-17(5-7-18)8-9-19-2-1-3-21(14-19)16-23-15-20-10-11-20/h1-7,12-14,20,23H,10-11,15-16H2,(H,24,25). The highest BCUT2D eigenvalue weighted by atomic mass is 16.4. The minimum absolute atomic E-state index is 0.844. The molecule has 0 heterocycles. The fourth-order valence-corrected chi connectivity index (χ4v) is 2.49. The highest BCUT2D eigenvalue weighted by molar-refractivity contribution is 5.85. The Balaban J connectivity index is 1.60. The summed E-state index contributed by atoms with van der Waals surface area (Å²) in [6.07, 6.45) is 5.42. The van der Waals surface area contributed by atoms with Gasteiger partial charge in [-0.3, -0.25) is 0 Å². The van der Waals surface area contributed by atoms with Crippen molar-refractivity contribution in [2.75, 3.05) is 6.54 Å². The number of hydrogen-bond donors (Lipinski definition) is 2. The van der Waals surface area contributed by atoms with Gasteiger partial charge in [0.25, 0.3) is 0 Å². The van der Waals surface area contributed by atoms with Crippen molar-refractivity contribution >= 4 is 12.0 Å². The predicted octanol–water partition coefficient (Wildman–Crippen LogP) is 3.68. The van der Waals surface area contributed by atoms with Crippen LogP contribution >= 0.6 is 0 Å². The minimum atomic E-state index is -0.949. The van der Waals surface area contributed by atoms with Gasteiger partial charge in [0.2, 0.25) is 0 Å². The Morgan fingerprint density at radius 2 is 1.88 bits per heavy atom. The maximum Gasteiger partial charge on any atom is 0.328 e. The van der Waals surface area contributed by atoms with Gasteiger partial charge in [-0.1, -0.05) is 36.1 Å². The van der Waals surface area contributed by atoms with Gasteiger partial charge in [-0.15, -0.1) is 0 Å². The second kappa shape index (κ2) is 8.32. The first kappa shape index (κ1) is 17.0. The third-order valence-electron chi connectivity index (χ3n) is 4.07. The fraction of sp³-hybridized carbons (Fsp3) is 0.227. The van der Waals surface area contributed by atoms with Gasteiger partial charge in [0, 0.05) is 23.7 Å². The average Bonchev–Trinajstić information content (AvgIpc) is 3.44. The van der Waals surface area contributed by atoms with E-state index in [2.05, 4.69) is 29.3 Å². The zero-order valence-corrected chi connectivity index (χ0v) is 14.0. The Kier molecular flexibility index (Phi) is 5.66. The van der Waals surface area contributed by atoms with Crippen molar-refractivity contribution < 1.29 is 9.90 Å². The molecule has 2 N–H and O–H groups in total. The number of carbonyl (C=O) groups is 1. The van der Waals surface area contributed by atoms with Crippen LogP contribution in [-0.2, 0) is 11.3 Å². The smallest absolute Gasteiger partial charge is 0.328 e. The van der Waals surface area contributed by atoms with Crippen molar-refractivity contribution in [3.63, 3.8) is 0 Å². The molecule has 3 rings (SSSR count). The summed E-state index contributed by atoms with van der Waals surface area (Å²) in [5.74, 6) is 6.28. The van der Waals surface area contributed by atoms with Gasteiger partial charge in [-0.05, 0) is 66.8 Å². The van der Waals surface area contributed by atoms with Gasteiger partial charge in [-0.2, -0.15) is 0 Å². The summed E-state index contributed by atoms with van der Waals surface area (Å²) in [5, 5.41) is 12.1. The van der Waals surface area contributed by atoms with Crippen molar-refractivity contribution in [2.24, 2.45) is 5.92 Å². The van der Waals surface area contributed by atoms with Crippen LogP contribution < -0.4 is 5.32 Å². The number of hydrogen-bond acceptors (Lipinski definition) is 2. The van der Waals surface area contributed by atoms with Crippen molar-refractivity contribution in [3.8, 4) is 11.8 Å². The van der Waals surface area contributed by atoms with Crippen molar-refractivity contribution in [3.05, 3.63) is 76.9 Å². The second-order valence-corrected chi connectivity index (χ2v) is 6.32. The zero-order chi connectivity index (χ0) is 17.5. The SMILES string of the molecule is O=C(O)C=Cc1ccc(C#Cc2cccc(CNCC3CC3)c2)cc1. The van der Waals surface area contributed by atoms with Crippen molar-refractivity contribution in [1.82, 2.24) is 5.32 Å². The lowest BCUT2D eigenvalue weighted by atomic mass is 10.1. The lowest BCUT2D eigenvalue weighted by Crippen LogP contribution is -2.16. The lowest BCUT2D eigenvalue weighted by Gasteiger charge is -2.04. The summed E-state index contributed by atoms with van der Waals surface area (Å²) in [7, 11) is 0. The third-order valence-corrected chi connectivity index (χ3v) is 4.07. The van der Waals surface area contributed by atoms with Crippen LogP contribution in [0.15, 0.2) is 54.6 Å². The summed E-state index contributed by atoms with van der Waals surface area (Å²) in [5.41, 5.74) is 4.00. The Bertz CT molecular complexity index is 821. The van der Waals surface area contributed by atoms with E-state index in [4.69, 9.17) is 5.11 Å². The molecule has 126 valence electrons. The van der Waals surface area contributed by atoms with E-state index in [1.807, 2.05) is 36.4 Å². The molecule has 0 amide bonds. The molecule has 25 heavy (non-hydrogen) atoms. The number of carboxylic acids is 1. The molecule has 2 aromatic carbocycles. The lowest BCUT2D eigenvalue weighted by molar-refractivity contribution is -0.131. The zero-order valence-electron chi connectivity index (χ0n) is 14.0. The van der Waals surface area contributed by atoms with Gasteiger partial charge in [0.05, 0.1) is 0 Å². The van der Waals surface area contributed by atoms with Gasteiger partial charge in [-0.25, -0.2) is 4.79 Å². The number of aliphatic carboxylic acids is 1. The van der Waals surface area contributed by atoms with E-state index < -0.39 is 5.97 Å². The van der Waals surface area contributed by atoms with E-state index >= 15 is 0 Å². The van der Waals surface area contributed by atoms with Crippen LogP contribution in [0.1, 0.15) is 35.1 Å². The van der Waals surface area contributed by atoms with Crippen LogP contribution in [-0.4, -0.2) is 17.6 Å². The Labute approximate surface area is 148 Å². The molecule has 1 aliphatic rings. The molecule has 0 unspecified atom stereocenters. The van der Waals surface area contributed by atoms with E-state index in [-0.39, 0.29) is 0 Å². The van der Waals surface area contributed by atoms with Gasteiger partial charge < -0.3 is 10.4 Å². The quantitative estimate of drug-likeness (QED) is 0.627. The molecule has 0 spiro atoms. The number of nitrogens with one attached hydrogen (secondary N) is 1. The maximum atomic E-state index is 10.5. The molecule has 0 aliphatic heterocycles. The topological polar surface area (TPSA) is 49.3 Å². The van der Waals surface area contributed by atoms with E-state index in [1.54, 1.807) is 6.08 Å². The Morgan fingerprint density at radius 3 is 2.60 bits per heavy atom. The first-order valence-electron chi connectivity index (χ1n) is 8.52. The maximum absolute atomic E-state index is 10.5.